The number of halogens is 1. The molecule has 0 aliphatic heterocycles. The van der Waals surface area contributed by atoms with E-state index in [1.54, 1.807) is 26.0 Å². The Morgan fingerprint density at radius 1 is 0.929 bits per heavy atom. The Morgan fingerprint density at radius 3 is 2.25 bits per heavy atom. The lowest BCUT2D eigenvalue weighted by Crippen LogP contribution is -2.05. The molecule has 0 aliphatic carbocycles. The summed E-state index contributed by atoms with van der Waals surface area (Å²) in [6.07, 6.45) is 0.407. The van der Waals surface area contributed by atoms with Crippen molar-refractivity contribution in [2.24, 2.45) is 0 Å². The number of ketones is 1. The van der Waals surface area contributed by atoms with Gasteiger partial charge in [-0.15, -0.1) is 11.8 Å². The van der Waals surface area contributed by atoms with Gasteiger partial charge in [-0.2, -0.15) is 0 Å². The molecule has 3 nitrogen and oxygen atoms in total. The third-order valence-corrected chi connectivity index (χ3v) is 6.12. The predicted molar refractivity (Wildman–Crippen MR) is 118 cm³/mol. The predicted octanol–water partition coefficient (Wildman–Crippen LogP) is 6.57. The smallest absolute Gasteiger partial charge is 0.164 e. The minimum absolute atomic E-state index is 0.00421. The van der Waals surface area contributed by atoms with Gasteiger partial charge in [0.05, 0.1) is 14.2 Å². The molecule has 144 valence electrons. The molecule has 5 heteroatoms. The van der Waals surface area contributed by atoms with Gasteiger partial charge in [-0.3, -0.25) is 4.79 Å². The van der Waals surface area contributed by atoms with Gasteiger partial charge in [0.15, 0.2) is 17.3 Å². The number of carbonyl (C=O) groups excluding carboxylic acids is 1. The van der Waals surface area contributed by atoms with E-state index in [-0.39, 0.29) is 11.0 Å². The number of ether oxygens (including phenoxy) is 2. The van der Waals surface area contributed by atoms with Crippen LogP contribution in [0.15, 0.2) is 82.2 Å². The highest BCUT2D eigenvalue weighted by Gasteiger charge is 2.19. The summed E-state index contributed by atoms with van der Waals surface area (Å²) >= 11 is 5.07. The summed E-state index contributed by atoms with van der Waals surface area (Å²) in [5, 5.41) is -0.00421. The summed E-state index contributed by atoms with van der Waals surface area (Å²) < 4.78 is 11.7. The molecule has 0 saturated heterocycles. The first-order valence-corrected chi connectivity index (χ1v) is 10.5. The molecule has 0 N–H and O–H groups in total. The molecule has 3 aromatic carbocycles. The first-order valence-electron chi connectivity index (χ1n) is 8.83. The van der Waals surface area contributed by atoms with Crippen LogP contribution >= 0.6 is 27.7 Å². The number of hydrogen-bond donors (Lipinski definition) is 0. The molecule has 0 spiro atoms. The number of thioether (sulfide) groups is 1. The summed E-state index contributed by atoms with van der Waals surface area (Å²) in [5.74, 6) is 1.49. The first kappa shape index (κ1) is 20.5. The van der Waals surface area contributed by atoms with E-state index >= 15 is 0 Å². The van der Waals surface area contributed by atoms with E-state index in [0.29, 0.717) is 17.9 Å². The second-order valence-corrected chi connectivity index (χ2v) is 8.36. The van der Waals surface area contributed by atoms with E-state index in [2.05, 4.69) is 28.1 Å². The molecule has 0 saturated carbocycles. The van der Waals surface area contributed by atoms with E-state index < -0.39 is 0 Å². The van der Waals surface area contributed by atoms with Crippen LogP contribution in [-0.4, -0.2) is 20.0 Å². The van der Waals surface area contributed by atoms with Crippen LogP contribution in [0.25, 0.3) is 0 Å². The molecule has 0 fully saturated rings. The lowest BCUT2D eigenvalue weighted by molar-refractivity contribution is 0.0982. The van der Waals surface area contributed by atoms with Crippen molar-refractivity contribution < 1.29 is 14.3 Å². The minimum Gasteiger partial charge on any atom is -0.493 e. The Bertz CT molecular complexity index is 926. The third kappa shape index (κ3) is 5.18. The van der Waals surface area contributed by atoms with Crippen molar-refractivity contribution in [3.05, 3.63) is 88.4 Å². The SMILES string of the molecule is COc1ccc(S[C@@H](CC(=O)c2ccc(Br)cc2)c2ccccc2)cc1OC. The third-order valence-electron chi connectivity index (χ3n) is 4.34. The molecule has 0 aliphatic rings. The topological polar surface area (TPSA) is 35.5 Å². The molecular weight excluding hydrogens is 436 g/mol. The van der Waals surface area contributed by atoms with Crippen LogP contribution in [0.4, 0.5) is 0 Å². The van der Waals surface area contributed by atoms with Gasteiger partial charge in [0.2, 0.25) is 0 Å². The number of rotatable bonds is 8. The quantitative estimate of drug-likeness (QED) is 0.283. The van der Waals surface area contributed by atoms with Crippen LogP contribution in [0.3, 0.4) is 0 Å². The van der Waals surface area contributed by atoms with Crippen molar-refractivity contribution in [3.8, 4) is 11.5 Å². The van der Waals surface area contributed by atoms with Gasteiger partial charge in [-0.1, -0.05) is 58.4 Å². The molecule has 0 radical (unpaired) electrons. The van der Waals surface area contributed by atoms with Crippen molar-refractivity contribution >= 4 is 33.5 Å². The molecule has 1 atom stereocenters. The van der Waals surface area contributed by atoms with E-state index in [4.69, 9.17) is 9.47 Å². The molecule has 0 bridgehead atoms. The van der Waals surface area contributed by atoms with Crippen molar-refractivity contribution in [1.29, 1.82) is 0 Å². The number of benzene rings is 3. The fourth-order valence-electron chi connectivity index (χ4n) is 2.87. The van der Waals surface area contributed by atoms with Crippen molar-refractivity contribution in [3.63, 3.8) is 0 Å². The van der Waals surface area contributed by atoms with E-state index in [1.807, 2.05) is 60.7 Å². The molecule has 3 aromatic rings. The van der Waals surface area contributed by atoms with Crippen molar-refractivity contribution in [2.45, 2.75) is 16.6 Å². The van der Waals surface area contributed by atoms with Gasteiger partial charge in [0.25, 0.3) is 0 Å². The maximum atomic E-state index is 12.9. The van der Waals surface area contributed by atoms with Gasteiger partial charge in [0, 0.05) is 26.6 Å². The van der Waals surface area contributed by atoms with E-state index in [0.717, 1.165) is 20.5 Å². The molecule has 0 unspecified atom stereocenters. The maximum absolute atomic E-state index is 12.9. The zero-order chi connectivity index (χ0) is 19.9. The summed E-state index contributed by atoms with van der Waals surface area (Å²) in [5.41, 5.74) is 1.84. The number of Topliss-reactive ketones (excluding diaryl/α,β-unsaturated/α-hetero) is 1. The van der Waals surface area contributed by atoms with Crippen LogP contribution in [0, 0.1) is 0 Å². The van der Waals surface area contributed by atoms with Crippen molar-refractivity contribution in [1.82, 2.24) is 0 Å². The van der Waals surface area contributed by atoms with Crippen LogP contribution in [0.5, 0.6) is 11.5 Å². The zero-order valence-corrected chi connectivity index (χ0v) is 18.1. The zero-order valence-electron chi connectivity index (χ0n) is 15.7. The second-order valence-electron chi connectivity index (χ2n) is 6.17. The fraction of sp³-hybridized carbons (Fsp3) is 0.174. The number of methoxy groups -OCH3 is 2. The Hall–Kier alpha value is -2.24. The number of carbonyl (C=O) groups is 1. The lowest BCUT2D eigenvalue weighted by atomic mass is 10.0. The summed E-state index contributed by atoms with van der Waals surface area (Å²) in [7, 11) is 3.24. The standard InChI is InChI=1S/C23H21BrO3S/c1-26-21-13-12-19(14-22(21)27-2)28-23(17-6-4-3-5-7-17)15-20(25)16-8-10-18(24)11-9-16/h3-14,23H,15H2,1-2H3/t23-/m0/s1. The average Bonchev–Trinajstić information content (AvgIpc) is 2.74. The van der Waals surface area contributed by atoms with E-state index in [1.165, 1.54) is 0 Å². The highest BCUT2D eigenvalue weighted by molar-refractivity contribution is 9.10. The Kier molecular flexibility index (Phi) is 7.18. The van der Waals surface area contributed by atoms with Crippen LogP contribution in [-0.2, 0) is 0 Å². The van der Waals surface area contributed by atoms with Crippen LogP contribution < -0.4 is 9.47 Å². The summed E-state index contributed by atoms with van der Waals surface area (Å²) in [4.78, 5) is 13.9. The minimum atomic E-state index is -0.00421. The highest BCUT2D eigenvalue weighted by Crippen LogP contribution is 2.41. The fourth-order valence-corrected chi connectivity index (χ4v) is 4.31. The lowest BCUT2D eigenvalue weighted by Gasteiger charge is -2.18. The normalized spacial score (nSPS) is 11.7. The highest BCUT2D eigenvalue weighted by atomic mass is 79.9. The Morgan fingerprint density at radius 2 is 1.61 bits per heavy atom. The number of hydrogen-bond acceptors (Lipinski definition) is 4. The monoisotopic (exact) mass is 456 g/mol. The molecular formula is C23H21BrO3S. The van der Waals surface area contributed by atoms with Gasteiger partial charge in [-0.05, 0) is 35.9 Å². The second kappa shape index (κ2) is 9.80. The maximum Gasteiger partial charge on any atom is 0.164 e. The summed E-state index contributed by atoms with van der Waals surface area (Å²) in [6.45, 7) is 0. The van der Waals surface area contributed by atoms with Crippen molar-refractivity contribution in [2.75, 3.05) is 14.2 Å². The Balaban J connectivity index is 1.85. The molecule has 28 heavy (non-hydrogen) atoms. The van der Waals surface area contributed by atoms with Gasteiger partial charge < -0.3 is 9.47 Å². The van der Waals surface area contributed by atoms with Crippen LogP contribution in [0.1, 0.15) is 27.6 Å². The van der Waals surface area contributed by atoms with Crippen LogP contribution in [0.2, 0.25) is 0 Å². The van der Waals surface area contributed by atoms with E-state index in [9.17, 15) is 4.79 Å². The molecule has 3 rings (SSSR count). The molecule has 0 heterocycles. The van der Waals surface area contributed by atoms with Gasteiger partial charge in [0.1, 0.15) is 0 Å². The van der Waals surface area contributed by atoms with Gasteiger partial charge in [-0.25, -0.2) is 0 Å². The molecule has 0 aromatic heterocycles. The largest absolute Gasteiger partial charge is 0.493 e. The Labute approximate surface area is 178 Å². The first-order chi connectivity index (χ1) is 13.6. The average molecular weight is 457 g/mol. The van der Waals surface area contributed by atoms with Gasteiger partial charge >= 0.3 is 0 Å². The summed E-state index contributed by atoms with van der Waals surface area (Å²) in [6, 6.07) is 23.4. The molecule has 0 amide bonds.